The van der Waals surface area contributed by atoms with Gasteiger partial charge in [-0.2, -0.15) is 0 Å². The van der Waals surface area contributed by atoms with Crippen molar-refractivity contribution < 1.29 is 14.6 Å². The average Bonchev–Trinajstić information content (AvgIpc) is 2.94. The molecule has 0 spiro atoms. The van der Waals surface area contributed by atoms with E-state index in [9.17, 15) is 14.6 Å². The molecule has 1 aromatic carbocycles. The van der Waals surface area contributed by atoms with Gasteiger partial charge in [-0.25, -0.2) is 14.4 Å². The van der Waals surface area contributed by atoms with Crippen molar-refractivity contribution in [3.8, 4) is 11.4 Å². The summed E-state index contributed by atoms with van der Waals surface area (Å²) < 4.78 is 14.1. The summed E-state index contributed by atoms with van der Waals surface area (Å²) in [4.78, 5) is 8.78. The second-order valence-corrected chi connectivity index (χ2v) is 8.92. The van der Waals surface area contributed by atoms with Crippen molar-refractivity contribution in [1.29, 1.82) is 0 Å². The van der Waals surface area contributed by atoms with Crippen molar-refractivity contribution in [1.82, 2.24) is 15.3 Å². The van der Waals surface area contributed by atoms with E-state index in [2.05, 4.69) is 36.1 Å². The highest BCUT2D eigenvalue weighted by atomic mass is 19.1. The lowest BCUT2D eigenvalue weighted by atomic mass is 9.88. The number of aliphatic hydroxyl groups is 2. The summed E-state index contributed by atoms with van der Waals surface area (Å²) in [5.41, 5.74) is 1.28. The van der Waals surface area contributed by atoms with Gasteiger partial charge < -0.3 is 15.5 Å². The maximum absolute atomic E-state index is 14.1. The lowest BCUT2D eigenvalue weighted by Gasteiger charge is -2.28. The summed E-state index contributed by atoms with van der Waals surface area (Å²) in [6.45, 7) is 7.24. The Hall–Kier alpha value is -1.89. The van der Waals surface area contributed by atoms with Gasteiger partial charge in [0.25, 0.3) is 0 Å². The minimum atomic E-state index is -0.541. The molecule has 3 rings (SSSR count). The fraction of sp³-hybridized carbons (Fsp3) is 0.545. The van der Waals surface area contributed by atoms with Crippen LogP contribution in [-0.2, 0) is 6.42 Å². The largest absolute Gasteiger partial charge is 0.396 e. The molecule has 0 saturated heterocycles. The number of aliphatic hydroxyl groups excluding tert-OH is 2. The van der Waals surface area contributed by atoms with Crippen LogP contribution in [0.25, 0.3) is 11.4 Å². The highest BCUT2D eigenvalue weighted by molar-refractivity contribution is 5.55. The van der Waals surface area contributed by atoms with E-state index in [1.807, 2.05) is 6.07 Å². The smallest absolute Gasteiger partial charge is 0.162 e. The van der Waals surface area contributed by atoms with Gasteiger partial charge in [-0.3, -0.25) is 0 Å². The van der Waals surface area contributed by atoms with Crippen LogP contribution in [-0.4, -0.2) is 45.5 Å². The minimum absolute atomic E-state index is 0.0470. The zero-order chi connectivity index (χ0) is 20.3. The first-order valence-electron chi connectivity index (χ1n) is 9.87. The molecular weight excluding hydrogens is 357 g/mol. The van der Waals surface area contributed by atoms with Gasteiger partial charge in [-0.05, 0) is 42.4 Å². The summed E-state index contributed by atoms with van der Waals surface area (Å²) in [6, 6.07) is 8.38. The van der Waals surface area contributed by atoms with Crippen LogP contribution in [0.15, 0.2) is 36.5 Å². The first kappa shape index (κ1) is 20.8. The lowest BCUT2D eigenvalue weighted by Crippen LogP contribution is -2.40. The summed E-state index contributed by atoms with van der Waals surface area (Å²) in [5, 5.41) is 23.8. The van der Waals surface area contributed by atoms with Gasteiger partial charge in [0.15, 0.2) is 5.82 Å². The lowest BCUT2D eigenvalue weighted by molar-refractivity contribution is 0.0715. The number of nitrogens with zero attached hydrogens (tertiary/aromatic N) is 2. The van der Waals surface area contributed by atoms with Gasteiger partial charge in [-0.1, -0.05) is 32.9 Å². The number of halogens is 1. The monoisotopic (exact) mass is 387 g/mol. The van der Waals surface area contributed by atoms with Gasteiger partial charge in [0.1, 0.15) is 5.82 Å². The van der Waals surface area contributed by atoms with Crippen molar-refractivity contribution in [3.63, 3.8) is 0 Å². The van der Waals surface area contributed by atoms with Crippen LogP contribution in [0.4, 0.5) is 4.39 Å². The van der Waals surface area contributed by atoms with Crippen LogP contribution in [0.1, 0.15) is 32.9 Å². The molecule has 0 aliphatic heterocycles. The topological polar surface area (TPSA) is 78.3 Å². The molecule has 6 heteroatoms. The van der Waals surface area contributed by atoms with E-state index < -0.39 is 6.10 Å². The Labute approximate surface area is 166 Å². The Morgan fingerprint density at radius 2 is 1.93 bits per heavy atom. The molecule has 0 bridgehead atoms. The van der Waals surface area contributed by atoms with Crippen molar-refractivity contribution in [3.05, 3.63) is 48.0 Å². The molecule has 1 aromatic heterocycles. The molecule has 152 valence electrons. The zero-order valence-electron chi connectivity index (χ0n) is 16.8. The Bertz CT molecular complexity index is 793. The zero-order valence-corrected chi connectivity index (χ0v) is 16.8. The molecule has 4 unspecified atom stereocenters. The highest BCUT2D eigenvalue weighted by Crippen LogP contribution is 2.35. The third kappa shape index (κ3) is 4.93. The van der Waals surface area contributed by atoms with Gasteiger partial charge in [0, 0.05) is 37.0 Å². The van der Waals surface area contributed by atoms with Gasteiger partial charge in [0.2, 0.25) is 0 Å². The number of benzene rings is 1. The number of hydrogen-bond acceptors (Lipinski definition) is 5. The van der Waals surface area contributed by atoms with E-state index >= 15 is 0 Å². The number of nitrogens with one attached hydrogen (secondary N) is 1. The fourth-order valence-electron chi connectivity index (χ4n) is 3.94. The molecule has 1 saturated carbocycles. The summed E-state index contributed by atoms with van der Waals surface area (Å²) >= 11 is 0. The van der Waals surface area contributed by atoms with Gasteiger partial charge in [-0.15, -0.1) is 0 Å². The van der Waals surface area contributed by atoms with Crippen LogP contribution in [0.5, 0.6) is 0 Å². The minimum Gasteiger partial charge on any atom is -0.396 e. The number of aromatic nitrogens is 2. The van der Waals surface area contributed by atoms with Gasteiger partial charge in [0.05, 0.1) is 11.7 Å². The van der Waals surface area contributed by atoms with E-state index in [0.29, 0.717) is 24.2 Å². The van der Waals surface area contributed by atoms with Crippen molar-refractivity contribution in [2.45, 2.75) is 45.8 Å². The molecule has 5 nitrogen and oxygen atoms in total. The number of rotatable bonds is 6. The van der Waals surface area contributed by atoms with E-state index in [-0.39, 0.29) is 35.7 Å². The second kappa shape index (κ2) is 8.64. The van der Waals surface area contributed by atoms with Crippen LogP contribution in [0.2, 0.25) is 0 Å². The Morgan fingerprint density at radius 3 is 2.61 bits per heavy atom. The van der Waals surface area contributed by atoms with Crippen molar-refractivity contribution in [2.24, 2.45) is 17.3 Å². The molecular formula is C22H30FN3O2. The van der Waals surface area contributed by atoms with E-state index in [4.69, 9.17) is 0 Å². The molecule has 28 heavy (non-hydrogen) atoms. The molecule has 2 aromatic rings. The molecule has 3 N–H and O–H groups in total. The SMILES string of the molecule is CC(C)(C)CNC1CC(O)C(CO)C1Cc1ccnc(-c2ccccc2F)n1. The summed E-state index contributed by atoms with van der Waals surface area (Å²) in [7, 11) is 0. The standard InChI is InChI=1S/C22H30FN3O2/c1-22(2,3)13-25-19-11-20(28)17(12-27)16(19)10-14-8-9-24-21(26-14)15-6-4-5-7-18(15)23/h4-9,16-17,19-20,25,27-28H,10-13H2,1-3H3. The molecule has 0 radical (unpaired) electrons. The van der Waals surface area contributed by atoms with Crippen molar-refractivity contribution in [2.75, 3.05) is 13.2 Å². The third-order valence-corrected chi connectivity index (χ3v) is 5.43. The first-order chi connectivity index (χ1) is 13.3. The third-order valence-electron chi connectivity index (χ3n) is 5.43. The van der Waals surface area contributed by atoms with Crippen LogP contribution in [0.3, 0.4) is 0 Å². The van der Waals surface area contributed by atoms with Crippen molar-refractivity contribution >= 4 is 0 Å². The summed E-state index contributed by atoms with van der Waals surface area (Å²) in [6.07, 6.45) is 2.30. The Morgan fingerprint density at radius 1 is 1.18 bits per heavy atom. The Balaban J connectivity index is 1.81. The normalized spacial score (nSPS) is 25.2. The Kier molecular flexibility index (Phi) is 6.43. The quantitative estimate of drug-likeness (QED) is 0.710. The second-order valence-electron chi connectivity index (χ2n) is 8.92. The van der Waals surface area contributed by atoms with Gasteiger partial charge >= 0.3 is 0 Å². The maximum atomic E-state index is 14.1. The highest BCUT2D eigenvalue weighted by Gasteiger charge is 2.42. The fourth-order valence-corrected chi connectivity index (χ4v) is 3.94. The van der Waals surface area contributed by atoms with Crippen LogP contribution < -0.4 is 5.32 Å². The molecule has 1 aliphatic rings. The van der Waals surface area contributed by atoms with Crippen LogP contribution in [0, 0.1) is 23.1 Å². The maximum Gasteiger partial charge on any atom is 0.162 e. The van der Waals surface area contributed by atoms with E-state index in [0.717, 1.165) is 12.2 Å². The summed E-state index contributed by atoms with van der Waals surface area (Å²) in [5.74, 6) is -0.155. The van der Waals surface area contributed by atoms with E-state index in [1.165, 1.54) is 6.07 Å². The number of hydrogen-bond donors (Lipinski definition) is 3. The van der Waals surface area contributed by atoms with E-state index in [1.54, 1.807) is 24.4 Å². The van der Waals surface area contributed by atoms with Crippen LogP contribution >= 0.6 is 0 Å². The molecule has 1 aliphatic carbocycles. The molecule has 1 fully saturated rings. The first-order valence-corrected chi connectivity index (χ1v) is 9.87. The molecule has 0 amide bonds. The molecule has 1 heterocycles. The predicted octanol–water partition coefficient (Wildman–Crippen LogP) is 2.82. The molecule has 4 atom stereocenters. The average molecular weight is 387 g/mol. The predicted molar refractivity (Wildman–Crippen MR) is 107 cm³/mol.